The molecule has 1 amide bonds. The maximum Gasteiger partial charge on any atom is 0.227 e. The van der Waals surface area contributed by atoms with E-state index in [1.807, 2.05) is 54.3 Å². The second-order valence-corrected chi connectivity index (χ2v) is 6.49. The number of pyridine rings is 1. The van der Waals surface area contributed by atoms with Gasteiger partial charge in [-0.05, 0) is 49.6 Å². The first kappa shape index (κ1) is 18.4. The first-order valence-corrected chi connectivity index (χ1v) is 9.25. The molecular formula is C21H26N2O3. The lowest BCUT2D eigenvalue weighted by atomic mass is 10.1. The summed E-state index contributed by atoms with van der Waals surface area (Å²) in [4.78, 5) is 18.8. The van der Waals surface area contributed by atoms with Gasteiger partial charge in [0.15, 0.2) is 0 Å². The minimum Gasteiger partial charge on any atom is -0.494 e. The molecule has 2 heterocycles. The highest BCUT2D eigenvalue weighted by Crippen LogP contribution is 2.17. The van der Waals surface area contributed by atoms with E-state index in [1.54, 1.807) is 6.20 Å². The van der Waals surface area contributed by atoms with Crippen LogP contribution in [0, 0.1) is 0 Å². The Bertz CT molecular complexity index is 688. The lowest BCUT2D eigenvalue weighted by Crippen LogP contribution is -2.43. The summed E-state index contributed by atoms with van der Waals surface area (Å²) in [5.41, 5.74) is 1.93. The lowest BCUT2D eigenvalue weighted by Gasteiger charge is -2.32. The fourth-order valence-electron chi connectivity index (χ4n) is 3.14. The van der Waals surface area contributed by atoms with Crippen molar-refractivity contribution in [1.29, 1.82) is 0 Å². The third-order valence-electron chi connectivity index (χ3n) is 4.51. The molecule has 1 aliphatic rings. The molecular weight excluding hydrogens is 328 g/mol. The van der Waals surface area contributed by atoms with E-state index in [1.165, 1.54) is 0 Å². The van der Waals surface area contributed by atoms with Gasteiger partial charge in [-0.2, -0.15) is 0 Å². The zero-order valence-corrected chi connectivity index (χ0v) is 15.3. The van der Waals surface area contributed by atoms with Crippen molar-refractivity contribution < 1.29 is 14.3 Å². The molecule has 0 aliphatic carbocycles. The highest BCUT2D eigenvalue weighted by molar-refractivity contribution is 5.79. The van der Waals surface area contributed by atoms with Gasteiger partial charge in [0.2, 0.25) is 5.91 Å². The Hall–Kier alpha value is -2.40. The number of carbonyl (C=O) groups excluding carboxylic acids is 1. The molecule has 26 heavy (non-hydrogen) atoms. The van der Waals surface area contributed by atoms with Crippen LogP contribution in [-0.2, 0) is 22.6 Å². The van der Waals surface area contributed by atoms with Crippen molar-refractivity contribution in [1.82, 2.24) is 9.88 Å². The van der Waals surface area contributed by atoms with E-state index >= 15 is 0 Å². The van der Waals surface area contributed by atoms with E-state index in [-0.39, 0.29) is 12.0 Å². The summed E-state index contributed by atoms with van der Waals surface area (Å²) in [6, 6.07) is 13.6. The highest BCUT2D eigenvalue weighted by atomic mass is 16.5. The van der Waals surface area contributed by atoms with Gasteiger partial charge >= 0.3 is 0 Å². The fraction of sp³-hybridized carbons (Fsp3) is 0.429. The number of hydrogen-bond acceptors (Lipinski definition) is 4. The van der Waals surface area contributed by atoms with Gasteiger partial charge in [0.1, 0.15) is 5.75 Å². The molecule has 5 nitrogen and oxygen atoms in total. The van der Waals surface area contributed by atoms with Crippen molar-refractivity contribution in [3.8, 4) is 5.75 Å². The zero-order valence-electron chi connectivity index (χ0n) is 15.3. The number of likely N-dealkylation sites (tertiary alicyclic amines) is 1. The van der Waals surface area contributed by atoms with E-state index in [2.05, 4.69) is 4.98 Å². The first-order chi connectivity index (χ1) is 12.7. The molecule has 2 aromatic rings. The maximum atomic E-state index is 12.6. The third kappa shape index (κ3) is 5.30. The topological polar surface area (TPSA) is 51.7 Å². The number of benzene rings is 1. The number of amides is 1. The van der Waals surface area contributed by atoms with E-state index in [0.29, 0.717) is 26.2 Å². The molecule has 1 fully saturated rings. The van der Waals surface area contributed by atoms with Gasteiger partial charge in [-0.1, -0.05) is 18.2 Å². The molecule has 0 spiro atoms. The number of ether oxygens (including phenoxy) is 2. The van der Waals surface area contributed by atoms with Crippen molar-refractivity contribution in [2.45, 2.75) is 38.9 Å². The van der Waals surface area contributed by atoms with Gasteiger partial charge in [-0.25, -0.2) is 0 Å². The third-order valence-corrected chi connectivity index (χ3v) is 4.51. The Kier molecular flexibility index (Phi) is 6.61. The van der Waals surface area contributed by atoms with Crippen LogP contribution < -0.4 is 4.74 Å². The molecule has 3 rings (SSSR count). The van der Waals surface area contributed by atoms with Crippen molar-refractivity contribution in [3.63, 3.8) is 0 Å². The molecule has 0 saturated carbocycles. The molecule has 1 saturated heterocycles. The predicted octanol–water partition coefficient (Wildman–Crippen LogP) is 3.23. The number of hydrogen-bond donors (Lipinski definition) is 0. The number of piperidine rings is 1. The van der Waals surface area contributed by atoms with Gasteiger partial charge in [-0.15, -0.1) is 0 Å². The van der Waals surface area contributed by atoms with Gasteiger partial charge in [-0.3, -0.25) is 9.78 Å². The minimum absolute atomic E-state index is 0.0787. The monoisotopic (exact) mass is 354 g/mol. The molecule has 1 atom stereocenters. The van der Waals surface area contributed by atoms with Crippen molar-refractivity contribution in [2.75, 3.05) is 19.7 Å². The van der Waals surface area contributed by atoms with Crippen LogP contribution in [0.3, 0.4) is 0 Å². The van der Waals surface area contributed by atoms with Gasteiger partial charge in [0.25, 0.3) is 0 Å². The standard InChI is InChI=1S/C21H26N2O3/c1-2-25-19-10-8-17(9-11-19)14-21(24)23-13-5-7-20(15-23)26-16-18-6-3-4-12-22-18/h3-4,6,8-12,20H,2,5,7,13-16H2,1H3/t20-/m1/s1. The average molecular weight is 354 g/mol. The molecule has 0 N–H and O–H groups in total. The van der Waals surface area contributed by atoms with Crippen LogP contribution in [0.4, 0.5) is 0 Å². The highest BCUT2D eigenvalue weighted by Gasteiger charge is 2.24. The molecule has 0 bridgehead atoms. The minimum atomic E-state index is 0.0787. The normalized spacial score (nSPS) is 17.1. The largest absolute Gasteiger partial charge is 0.494 e. The average Bonchev–Trinajstić information content (AvgIpc) is 2.69. The van der Waals surface area contributed by atoms with Crippen LogP contribution in [0.5, 0.6) is 5.75 Å². The second kappa shape index (κ2) is 9.34. The molecule has 5 heteroatoms. The Morgan fingerprint density at radius 3 is 2.81 bits per heavy atom. The summed E-state index contributed by atoms with van der Waals surface area (Å²) >= 11 is 0. The maximum absolute atomic E-state index is 12.6. The van der Waals surface area contributed by atoms with Crippen LogP contribution in [0.2, 0.25) is 0 Å². The summed E-state index contributed by atoms with van der Waals surface area (Å²) in [5, 5.41) is 0. The quantitative estimate of drug-likeness (QED) is 0.766. The second-order valence-electron chi connectivity index (χ2n) is 6.49. The lowest BCUT2D eigenvalue weighted by molar-refractivity contribution is -0.134. The van der Waals surface area contributed by atoms with E-state index in [0.717, 1.165) is 36.4 Å². The van der Waals surface area contributed by atoms with Crippen LogP contribution in [0.25, 0.3) is 0 Å². The Balaban J connectivity index is 1.49. The van der Waals surface area contributed by atoms with E-state index in [9.17, 15) is 4.79 Å². The van der Waals surface area contributed by atoms with Gasteiger partial charge < -0.3 is 14.4 Å². The molecule has 0 radical (unpaired) electrons. The summed E-state index contributed by atoms with van der Waals surface area (Å²) < 4.78 is 11.4. The SMILES string of the molecule is CCOc1ccc(CC(=O)N2CCC[C@@H](OCc3ccccn3)C2)cc1. The van der Waals surface area contributed by atoms with E-state index in [4.69, 9.17) is 9.47 Å². The summed E-state index contributed by atoms with van der Waals surface area (Å²) in [6.45, 7) is 4.56. The Labute approximate surface area is 155 Å². The number of nitrogens with zero attached hydrogens (tertiary/aromatic N) is 2. The zero-order chi connectivity index (χ0) is 18.2. The van der Waals surface area contributed by atoms with E-state index < -0.39 is 0 Å². The van der Waals surface area contributed by atoms with Crippen LogP contribution in [0.15, 0.2) is 48.7 Å². The number of carbonyl (C=O) groups is 1. The summed E-state index contributed by atoms with van der Waals surface area (Å²) in [7, 11) is 0. The predicted molar refractivity (Wildman–Crippen MR) is 99.9 cm³/mol. The van der Waals surface area contributed by atoms with Crippen molar-refractivity contribution in [2.24, 2.45) is 0 Å². The molecule has 1 aromatic carbocycles. The van der Waals surface area contributed by atoms with Crippen LogP contribution in [0.1, 0.15) is 31.0 Å². The van der Waals surface area contributed by atoms with Crippen molar-refractivity contribution in [3.05, 3.63) is 59.9 Å². The van der Waals surface area contributed by atoms with Gasteiger partial charge in [0, 0.05) is 19.3 Å². The number of aromatic nitrogens is 1. The molecule has 1 aromatic heterocycles. The van der Waals surface area contributed by atoms with Crippen molar-refractivity contribution >= 4 is 5.91 Å². The van der Waals surface area contributed by atoms with Crippen LogP contribution in [-0.4, -0.2) is 41.6 Å². The molecule has 0 unspecified atom stereocenters. The summed E-state index contributed by atoms with van der Waals surface area (Å²) in [5.74, 6) is 0.991. The molecule has 1 aliphatic heterocycles. The summed E-state index contributed by atoms with van der Waals surface area (Å²) in [6.07, 6.45) is 4.22. The smallest absolute Gasteiger partial charge is 0.227 e. The van der Waals surface area contributed by atoms with Gasteiger partial charge in [0.05, 0.1) is 31.4 Å². The Morgan fingerprint density at radius 1 is 1.23 bits per heavy atom. The van der Waals surface area contributed by atoms with Crippen LogP contribution >= 0.6 is 0 Å². The fourth-order valence-corrected chi connectivity index (χ4v) is 3.14. The number of rotatable bonds is 7. The Morgan fingerprint density at radius 2 is 2.08 bits per heavy atom. The molecule has 138 valence electrons. The first-order valence-electron chi connectivity index (χ1n) is 9.25.